The standard InChI is InChI=1S/C10H10N4O5/c11-13-12-8-3-5-9(6-4-8)19-10(15)2-1-7-18-14(16)17/h3-6H,1-2,7H2. The molecule has 0 aliphatic heterocycles. The Balaban J connectivity index is 2.35. The maximum Gasteiger partial charge on any atom is 0.311 e. The van der Waals surface area contributed by atoms with Gasteiger partial charge in [0, 0.05) is 17.0 Å². The number of rotatable bonds is 7. The fourth-order valence-electron chi connectivity index (χ4n) is 1.17. The van der Waals surface area contributed by atoms with E-state index in [2.05, 4.69) is 14.9 Å². The molecular weight excluding hydrogens is 256 g/mol. The van der Waals surface area contributed by atoms with Gasteiger partial charge >= 0.3 is 5.97 Å². The predicted octanol–water partition coefficient (Wildman–Crippen LogP) is 2.52. The molecule has 0 aliphatic rings. The first kappa shape index (κ1) is 14.3. The number of ether oxygens (including phenoxy) is 1. The van der Waals surface area contributed by atoms with Crippen LogP contribution in [0.2, 0.25) is 0 Å². The predicted molar refractivity (Wildman–Crippen MR) is 63.1 cm³/mol. The summed E-state index contributed by atoms with van der Waals surface area (Å²) in [6.07, 6.45) is 0.197. The molecule has 9 heteroatoms. The second-order valence-electron chi connectivity index (χ2n) is 3.32. The maximum atomic E-state index is 11.3. The van der Waals surface area contributed by atoms with Gasteiger partial charge in [0.2, 0.25) is 0 Å². The summed E-state index contributed by atoms with van der Waals surface area (Å²) < 4.78 is 4.96. The normalized spacial score (nSPS) is 9.26. The average molecular weight is 266 g/mol. The van der Waals surface area contributed by atoms with Gasteiger partial charge < -0.3 is 9.57 Å². The second-order valence-corrected chi connectivity index (χ2v) is 3.32. The van der Waals surface area contributed by atoms with Crippen molar-refractivity contribution < 1.29 is 19.5 Å². The van der Waals surface area contributed by atoms with Crippen LogP contribution in [0.4, 0.5) is 5.69 Å². The van der Waals surface area contributed by atoms with Crippen LogP contribution in [0.3, 0.4) is 0 Å². The van der Waals surface area contributed by atoms with Crippen LogP contribution in [-0.4, -0.2) is 17.7 Å². The SMILES string of the molecule is [N-]=[N+]=Nc1ccc(OC(=O)CCCO[N+](=O)[O-])cc1. The molecular formula is C10H10N4O5. The van der Waals surface area contributed by atoms with Crippen LogP contribution in [-0.2, 0) is 9.63 Å². The third kappa shape index (κ3) is 5.89. The zero-order valence-electron chi connectivity index (χ0n) is 9.76. The van der Waals surface area contributed by atoms with E-state index in [-0.39, 0.29) is 19.4 Å². The van der Waals surface area contributed by atoms with E-state index in [1.807, 2.05) is 0 Å². The van der Waals surface area contributed by atoms with E-state index in [0.29, 0.717) is 11.4 Å². The number of carbonyl (C=O) groups is 1. The Morgan fingerprint density at radius 3 is 2.68 bits per heavy atom. The highest BCUT2D eigenvalue weighted by atomic mass is 16.9. The van der Waals surface area contributed by atoms with Crippen molar-refractivity contribution in [3.8, 4) is 5.75 Å². The summed E-state index contributed by atoms with van der Waals surface area (Å²) in [5.41, 5.74) is 8.61. The Morgan fingerprint density at radius 1 is 1.42 bits per heavy atom. The lowest BCUT2D eigenvalue weighted by Gasteiger charge is -2.04. The van der Waals surface area contributed by atoms with Crippen LogP contribution < -0.4 is 4.74 Å². The Morgan fingerprint density at radius 2 is 2.11 bits per heavy atom. The van der Waals surface area contributed by atoms with Crippen LogP contribution in [0.1, 0.15) is 12.8 Å². The lowest BCUT2D eigenvalue weighted by molar-refractivity contribution is -0.757. The minimum Gasteiger partial charge on any atom is -0.427 e. The number of hydrogen-bond acceptors (Lipinski definition) is 6. The van der Waals surface area contributed by atoms with Crippen molar-refractivity contribution in [2.24, 2.45) is 5.11 Å². The molecule has 0 heterocycles. The van der Waals surface area contributed by atoms with Crippen LogP contribution in [0.15, 0.2) is 29.4 Å². The lowest BCUT2D eigenvalue weighted by Crippen LogP contribution is -2.10. The zero-order chi connectivity index (χ0) is 14.1. The molecule has 0 radical (unpaired) electrons. The van der Waals surface area contributed by atoms with Crippen LogP contribution in [0.25, 0.3) is 10.4 Å². The molecule has 0 aliphatic carbocycles. The van der Waals surface area contributed by atoms with Crippen LogP contribution in [0.5, 0.6) is 5.75 Å². The highest BCUT2D eigenvalue weighted by Crippen LogP contribution is 2.18. The minimum atomic E-state index is -0.917. The molecule has 0 atom stereocenters. The molecule has 0 amide bonds. The van der Waals surface area contributed by atoms with Gasteiger partial charge in [-0.1, -0.05) is 5.11 Å². The monoisotopic (exact) mass is 266 g/mol. The Labute approximate surface area is 107 Å². The van der Waals surface area contributed by atoms with Crippen LogP contribution in [0, 0.1) is 10.1 Å². The fourth-order valence-corrected chi connectivity index (χ4v) is 1.17. The largest absolute Gasteiger partial charge is 0.427 e. The topological polar surface area (TPSA) is 127 Å². The number of esters is 1. The molecule has 0 saturated carbocycles. The number of carbonyl (C=O) groups excluding carboxylic acids is 1. The highest BCUT2D eigenvalue weighted by Gasteiger charge is 2.05. The van der Waals surface area contributed by atoms with Crippen molar-refractivity contribution in [2.45, 2.75) is 12.8 Å². The lowest BCUT2D eigenvalue weighted by atomic mass is 10.3. The minimum absolute atomic E-state index is 0.00589. The van der Waals surface area contributed by atoms with Crippen LogP contribution >= 0.6 is 0 Å². The van der Waals surface area contributed by atoms with Gasteiger partial charge in [-0.15, -0.1) is 10.1 Å². The van der Waals surface area contributed by atoms with Gasteiger partial charge in [0.05, 0.1) is 6.61 Å². The molecule has 0 aromatic heterocycles. The first-order valence-electron chi connectivity index (χ1n) is 5.25. The Hall–Kier alpha value is -2.80. The van der Waals surface area contributed by atoms with E-state index in [1.165, 1.54) is 24.3 Å². The molecule has 0 fully saturated rings. The van der Waals surface area contributed by atoms with Crippen molar-refractivity contribution in [2.75, 3.05) is 6.61 Å². The van der Waals surface area contributed by atoms with Gasteiger partial charge in [-0.2, -0.15) is 0 Å². The van der Waals surface area contributed by atoms with Crippen molar-refractivity contribution >= 4 is 11.7 Å². The number of nitrogens with zero attached hydrogens (tertiary/aromatic N) is 4. The molecule has 9 nitrogen and oxygen atoms in total. The summed E-state index contributed by atoms with van der Waals surface area (Å²) in [5, 5.41) is 12.3. The van der Waals surface area contributed by atoms with E-state index in [0.717, 1.165) is 0 Å². The molecule has 1 rings (SSSR count). The molecule has 0 spiro atoms. The van der Waals surface area contributed by atoms with Crippen molar-refractivity contribution in [3.05, 3.63) is 44.8 Å². The summed E-state index contributed by atoms with van der Waals surface area (Å²) in [7, 11) is 0. The Bertz CT molecular complexity index is 495. The number of hydrogen-bond donors (Lipinski definition) is 0. The summed E-state index contributed by atoms with van der Waals surface area (Å²) >= 11 is 0. The Kier molecular flexibility index (Phi) is 5.64. The second kappa shape index (κ2) is 7.51. The first-order chi connectivity index (χ1) is 9.11. The maximum absolute atomic E-state index is 11.3. The molecule has 0 saturated heterocycles. The molecule has 0 bridgehead atoms. The number of azide groups is 1. The molecule has 100 valence electrons. The summed E-state index contributed by atoms with van der Waals surface area (Å²) in [6, 6.07) is 5.96. The van der Waals surface area contributed by atoms with Gasteiger partial charge in [-0.3, -0.25) is 4.79 Å². The van der Waals surface area contributed by atoms with Crippen molar-refractivity contribution in [3.63, 3.8) is 0 Å². The zero-order valence-corrected chi connectivity index (χ0v) is 9.76. The number of benzene rings is 1. The molecule has 1 aromatic rings. The quantitative estimate of drug-likeness (QED) is 0.109. The summed E-state index contributed by atoms with van der Waals surface area (Å²) in [6.45, 7) is -0.155. The van der Waals surface area contributed by atoms with E-state index in [1.54, 1.807) is 0 Å². The summed E-state index contributed by atoms with van der Waals surface area (Å²) in [5.74, 6) is -0.222. The fraction of sp³-hybridized carbons (Fsp3) is 0.300. The van der Waals surface area contributed by atoms with Crippen molar-refractivity contribution in [1.29, 1.82) is 0 Å². The van der Waals surface area contributed by atoms with E-state index >= 15 is 0 Å². The molecule has 0 N–H and O–H groups in total. The molecule has 0 unspecified atom stereocenters. The third-order valence-corrected chi connectivity index (χ3v) is 1.95. The van der Waals surface area contributed by atoms with Gasteiger partial charge in [0.25, 0.3) is 5.09 Å². The van der Waals surface area contributed by atoms with Gasteiger partial charge in [0.15, 0.2) is 0 Å². The van der Waals surface area contributed by atoms with E-state index < -0.39 is 11.1 Å². The van der Waals surface area contributed by atoms with E-state index in [4.69, 9.17) is 10.3 Å². The average Bonchev–Trinajstić information content (AvgIpc) is 2.37. The molecule has 19 heavy (non-hydrogen) atoms. The van der Waals surface area contributed by atoms with Gasteiger partial charge in [-0.25, -0.2) is 0 Å². The smallest absolute Gasteiger partial charge is 0.311 e. The highest BCUT2D eigenvalue weighted by molar-refractivity contribution is 5.72. The molecule has 1 aromatic carbocycles. The summed E-state index contributed by atoms with van der Waals surface area (Å²) in [4.78, 5) is 27.9. The first-order valence-corrected chi connectivity index (χ1v) is 5.25. The van der Waals surface area contributed by atoms with Gasteiger partial charge in [-0.05, 0) is 36.2 Å². The van der Waals surface area contributed by atoms with Crippen molar-refractivity contribution in [1.82, 2.24) is 0 Å². The third-order valence-electron chi connectivity index (χ3n) is 1.95. The van der Waals surface area contributed by atoms with E-state index in [9.17, 15) is 14.9 Å². The van der Waals surface area contributed by atoms with Gasteiger partial charge in [0.1, 0.15) is 5.75 Å².